The minimum absolute atomic E-state index is 0.858. The fourth-order valence-electron chi connectivity index (χ4n) is 2.89. The summed E-state index contributed by atoms with van der Waals surface area (Å²) in [5.74, 6) is 0. The molecule has 0 aromatic heterocycles. The average molecular weight is 292 g/mol. The monoisotopic (exact) mass is 291 g/mol. The van der Waals surface area contributed by atoms with Gasteiger partial charge in [0.1, 0.15) is 0 Å². The molecule has 0 amide bonds. The minimum atomic E-state index is 0.858. The van der Waals surface area contributed by atoms with Crippen molar-refractivity contribution in [2.45, 2.75) is 61.5 Å². The largest absolute Gasteiger partial charge is 0.309 e. The summed E-state index contributed by atoms with van der Waals surface area (Å²) in [5.41, 5.74) is 1.48. The summed E-state index contributed by atoms with van der Waals surface area (Å²) < 4.78 is 0. The Morgan fingerprint density at radius 2 is 1.65 bits per heavy atom. The third-order valence-corrected chi connectivity index (χ3v) is 5.45. The van der Waals surface area contributed by atoms with Gasteiger partial charge in [0, 0.05) is 10.1 Å². The highest BCUT2D eigenvalue weighted by Crippen LogP contribution is 2.32. The van der Waals surface area contributed by atoms with Crippen molar-refractivity contribution in [3.8, 4) is 0 Å². The van der Waals surface area contributed by atoms with Crippen LogP contribution in [0.2, 0.25) is 0 Å². The summed E-state index contributed by atoms with van der Waals surface area (Å²) in [5, 5.41) is 0.858. The van der Waals surface area contributed by atoms with Crippen molar-refractivity contribution in [2.24, 2.45) is 0 Å². The molecular formula is C18H29NS. The van der Waals surface area contributed by atoms with E-state index in [2.05, 4.69) is 55.0 Å². The second-order valence-electron chi connectivity index (χ2n) is 6.28. The number of aryl methyl sites for hydroxylation is 1. The van der Waals surface area contributed by atoms with E-state index >= 15 is 0 Å². The van der Waals surface area contributed by atoms with E-state index in [1.807, 2.05) is 0 Å². The van der Waals surface area contributed by atoms with Crippen LogP contribution in [0.1, 0.15) is 50.5 Å². The third kappa shape index (κ3) is 5.88. The second-order valence-corrected chi connectivity index (χ2v) is 7.66. The molecule has 20 heavy (non-hydrogen) atoms. The van der Waals surface area contributed by atoms with Gasteiger partial charge in [-0.2, -0.15) is 0 Å². The number of benzene rings is 1. The normalized spacial score (nSPS) is 17.4. The summed E-state index contributed by atoms with van der Waals surface area (Å²) in [6, 6.07) is 9.32. The summed E-state index contributed by atoms with van der Waals surface area (Å²) in [4.78, 5) is 3.73. The SMILES string of the molecule is CN(C)CCCc1ccc(SC2CCCCCC2)cc1. The van der Waals surface area contributed by atoms with Crippen molar-refractivity contribution in [1.29, 1.82) is 0 Å². The maximum atomic E-state index is 2.33. The van der Waals surface area contributed by atoms with E-state index in [0.29, 0.717) is 0 Å². The molecule has 1 fully saturated rings. The molecule has 0 saturated heterocycles. The zero-order chi connectivity index (χ0) is 14.2. The van der Waals surface area contributed by atoms with E-state index in [0.717, 1.165) is 5.25 Å². The molecule has 1 nitrogen and oxygen atoms in total. The van der Waals surface area contributed by atoms with Gasteiger partial charge in [0.05, 0.1) is 0 Å². The molecular weight excluding hydrogens is 262 g/mol. The predicted molar refractivity (Wildman–Crippen MR) is 90.7 cm³/mol. The highest BCUT2D eigenvalue weighted by atomic mass is 32.2. The highest BCUT2D eigenvalue weighted by Gasteiger charge is 2.13. The Morgan fingerprint density at radius 1 is 1.00 bits per heavy atom. The first kappa shape index (κ1) is 15.9. The van der Waals surface area contributed by atoms with E-state index < -0.39 is 0 Å². The van der Waals surface area contributed by atoms with Crippen LogP contribution in [0.3, 0.4) is 0 Å². The van der Waals surface area contributed by atoms with E-state index in [4.69, 9.17) is 0 Å². The first-order valence-corrected chi connectivity index (χ1v) is 9.02. The minimum Gasteiger partial charge on any atom is -0.309 e. The van der Waals surface area contributed by atoms with Crippen LogP contribution in [-0.4, -0.2) is 30.8 Å². The quantitative estimate of drug-likeness (QED) is 0.679. The van der Waals surface area contributed by atoms with Crippen molar-refractivity contribution in [3.63, 3.8) is 0 Å². The smallest absolute Gasteiger partial charge is 0.00944 e. The molecule has 0 radical (unpaired) electrons. The fourth-order valence-corrected chi connectivity index (χ4v) is 4.13. The Morgan fingerprint density at radius 3 is 2.25 bits per heavy atom. The zero-order valence-electron chi connectivity index (χ0n) is 13.1. The molecule has 1 saturated carbocycles. The first-order chi connectivity index (χ1) is 9.74. The number of hydrogen-bond donors (Lipinski definition) is 0. The lowest BCUT2D eigenvalue weighted by Crippen LogP contribution is -2.13. The predicted octanol–water partition coefficient (Wildman–Crippen LogP) is 5.00. The molecule has 2 heteroatoms. The van der Waals surface area contributed by atoms with Gasteiger partial charge in [0.25, 0.3) is 0 Å². The molecule has 0 heterocycles. The van der Waals surface area contributed by atoms with Crippen LogP contribution in [0.15, 0.2) is 29.2 Å². The molecule has 0 aliphatic heterocycles. The van der Waals surface area contributed by atoms with Crippen molar-refractivity contribution < 1.29 is 0 Å². The van der Waals surface area contributed by atoms with Crippen LogP contribution in [0.5, 0.6) is 0 Å². The van der Waals surface area contributed by atoms with E-state index in [1.54, 1.807) is 0 Å². The Labute approximate surface area is 129 Å². The fraction of sp³-hybridized carbons (Fsp3) is 0.667. The molecule has 0 bridgehead atoms. The number of thioether (sulfide) groups is 1. The van der Waals surface area contributed by atoms with Gasteiger partial charge in [-0.3, -0.25) is 0 Å². The number of hydrogen-bond acceptors (Lipinski definition) is 2. The molecule has 0 atom stereocenters. The summed E-state index contributed by atoms with van der Waals surface area (Å²) >= 11 is 2.11. The van der Waals surface area contributed by atoms with Gasteiger partial charge in [0.15, 0.2) is 0 Å². The lowest BCUT2D eigenvalue weighted by Gasteiger charge is -2.14. The van der Waals surface area contributed by atoms with Crippen LogP contribution >= 0.6 is 11.8 Å². The Balaban J connectivity index is 1.78. The van der Waals surface area contributed by atoms with Crippen molar-refractivity contribution in [3.05, 3.63) is 29.8 Å². The Hall–Kier alpha value is -0.470. The van der Waals surface area contributed by atoms with Gasteiger partial charge in [-0.25, -0.2) is 0 Å². The first-order valence-electron chi connectivity index (χ1n) is 8.14. The molecule has 1 aliphatic rings. The van der Waals surface area contributed by atoms with Gasteiger partial charge >= 0.3 is 0 Å². The van der Waals surface area contributed by atoms with Crippen molar-refractivity contribution in [2.75, 3.05) is 20.6 Å². The number of nitrogens with zero attached hydrogens (tertiary/aromatic N) is 1. The molecule has 2 rings (SSSR count). The van der Waals surface area contributed by atoms with E-state index in [9.17, 15) is 0 Å². The zero-order valence-corrected chi connectivity index (χ0v) is 13.9. The molecule has 0 unspecified atom stereocenters. The van der Waals surface area contributed by atoms with Gasteiger partial charge in [-0.1, -0.05) is 37.8 Å². The average Bonchev–Trinajstić information content (AvgIpc) is 2.69. The Kier molecular flexibility index (Phi) is 6.95. The lowest BCUT2D eigenvalue weighted by molar-refractivity contribution is 0.400. The summed E-state index contributed by atoms with van der Waals surface area (Å²) in [7, 11) is 4.29. The molecule has 1 aromatic rings. The third-order valence-electron chi connectivity index (χ3n) is 4.10. The van der Waals surface area contributed by atoms with E-state index in [-0.39, 0.29) is 0 Å². The van der Waals surface area contributed by atoms with Crippen LogP contribution in [0.4, 0.5) is 0 Å². The van der Waals surface area contributed by atoms with Gasteiger partial charge in [-0.05, 0) is 64.0 Å². The van der Waals surface area contributed by atoms with Gasteiger partial charge < -0.3 is 4.90 Å². The lowest BCUT2D eigenvalue weighted by atomic mass is 10.1. The van der Waals surface area contributed by atoms with Crippen LogP contribution < -0.4 is 0 Å². The highest BCUT2D eigenvalue weighted by molar-refractivity contribution is 8.00. The summed E-state index contributed by atoms with van der Waals surface area (Å²) in [6.07, 6.45) is 11.0. The number of rotatable bonds is 6. The summed E-state index contributed by atoms with van der Waals surface area (Å²) in [6.45, 7) is 1.18. The Bertz CT molecular complexity index is 364. The standard InChI is InChI=1S/C18H29NS/c1-19(2)15-7-8-16-11-13-18(14-12-16)20-17-9-5-3-4-6-10-17/h11-14,17H,3-10,15H2,1-2H3. The maximum absolute atomic E-state index is 2.33. The van der Waals surface area contributed by atoms with Crippen LogP contribution in [0.25, 0.3) is 0 Å². The van der Waals surface area contributed by atoms with Crippen LogP contribution in [0, 0.1) is 0 Å². The molecule has 112 valence electrons. The maximum Gasteiger partial charge on any atom is 0.00944 e. The van der Waals surface area contributed by atoms with E-state index in [1.165, 1.54) is 68.4 Å². The van der Waals surface area contributed by atoms with Crippen LogP contribution in [-0.2, 0) is 6.42 Å². The van der Waals surface area contributed by atoms with Crippen molar-refractivity contribution >= 4 is 11.8 Å². The van der Waals surface area contributed by atoms with Gasteiger partial charge in [0.2, 0.25) is 0 Å². The molecule has 0 spiro atoms. The second kappa shape index (κ2) is 8.74. The topological polar surface area (TPSA) is 3.24 Å². The molecule has 1 aromatic carbocycles. The van der Waals surface area contributed by atoms with Gasteiger partial charge in [-0.15, -0.1) is 11.8 Å². The van der Waals surface area contributed by atoms with Crippen molar-refractivity contribution in [1.82, 2.24) is 4.90 Å². The molecule has 0 N–H and O–H groups in total. The molecule has 1 aliphatic carbocycles.